The summed E-state index contributed by atoms with van der Waals surface area (Å²) in [6, 6.07) is 5.80. The highest BCUT2D eigenvalue weighted by atomic mass is 35.5. The fourth-order valence-corrected chi connectivity index (χ4v) is 2.04. The molecule has 0 unspecified atom stereocenters. The fraction of sp³-hybridized carbons (Fsp3) is 0.500. The third-order valence-electron chi connectivity index (χ3n) is 2.93. The summed E-state index contributed by atoms with van der Waals surface area (Å²) in [5.74, 6) is 0. The highest BCUT2D eigenvalue weighted by Gasteiger charge is 2.33. The van der Waals surface area contributed by atoms with Crippen LogP contribution in [0.5, 0.6) is 0 Å². The molecular formula is C12H17Cl2F3N2. The standard InChI is InChI=1S/C12H15F3N2.2ClH/c13-12(14,15)11-4-2-1-3-10(11)9-17-7-5-16-6-8-17;;/h1-4,16H,5-9H2;2*1H. The Hall–Kier alpha value is -0.490. The van der Waals surface area contributed by atoms with Crippen LogP contribution < -0.4 is 5.32 Å². The third kappa shape index (κ3) is 5.18. The van der Waals surface area contributed by atoms with Crippen LogP contribution in [-0.2, 0) is 12.7 Å². The van der Waals surface area contributed by atoms with Crippen molar-refractivity contribution >= 4 is 24.8 Å². The van der Waals surface area contributed by atoms with Crippen molar-refractivity contribution in [3.8, 4) is 0 Å². The van der Waals surface area contributed by atoms with Crippen molar-refractivity contribution in [1.82, 2.24) is 10.2 Å². The molecule has 0 atom stereocenters. The molecule has 1 aliphatic heterocycles. The van der Waals surface area contributed by atoms with Crippen LogP contribution in [0.3, 0.4) is 0 Å². The zero-order chi connectivity index (χ0) is 12.3. The summed E-state index contributed by atoms with van der Waals surface area (Å²) in [4.78, 5) is 2.04. The molecule has 7 heteroatoms. The average molecular weight is 317 g/mol. The smallest absolute Gasteiger partial charge is 0.314 e. The minimum Gasteiger partial charge on any atom is -0.314 e. The van der Waals surface area contributed by atoms with Crippen LogP contribution in [0.15, 0.2) is 24.3 Å². The maximum absolute atomic E-state index is 12.8. The Morgan fingerprint density at radius 3 is 2.21 bits per heavy atom. The minimum absolute atomic E-state index is 0. The Morgan fingerprint density at radius 1 is 1.05 bits per heavy atom. The van der Waals surface area contributed by atoms with Gasteiger partial charge in [0.25, 0.3) is 0 Å². The molecule has 0 saturated carbocycles. The largest absolute Gasteiger partial charge is 0.416 e. The molecule has 0 radical (unpaired) electrons. The molecule has 1 N–H and O–H groups in total. The second-order valence-electron chi connectivity index (χ2n) is 4.18. The number of nitrogens with zero attached hydrogens (tertiary/aromatic N) is 1. The van der Waals surface area contributed by atoms with E-state index in [0.29, 0.717) is 12.1 Å². The van der Waals surface area contributed by atoms with E-state index in [0.717, 1.165) is 32.2 Å². The average Bonchev–Trinajstić information content (AvgIpc) is 2.30. The maximum Gasteiger partial charge on any atom is 0.416 e. The normalized spacial score (nSPS) is 16.4. The first-order valence-corrected chi connectivity index (χ1v) is 5.65. The first-order chi connectivity index (χ1) is 8.07. The molecular weight excluding hydrogens is 300 g/mol. The van der Waals surface area contributed by atoms with Gasteiger partial charge in [0.2, 0.25) is 0 Å². The van der Waals surface area contributed by atoms with Crippen LogP contribution in [0.25, 0.3) is 0 Å². The van der Waals surface area contributed by atoms with Crippen LogP contribution in [0, 0.1) is 0 Å². The zero-order valence-corrected chi connectivity index (χ0v) is 11.9. The molecule has 1 aromatic carbocycles. The quantitative estimate of drug-likeness (QED) is 0.902. The molecule has 1 heterocycles. The molecule has 19 heavy (non-hydrogen) atoms. The monoisotopic (exact) mass is 316 g/mol. The van der Waals surface area contributed by atoms with Gasteiger partial charge in [0.1, 0.15) is 0 Å². The summed E-state index contributed by atoms with van der Waals surface area (Å²) in [7, 11) is 0. The molecule has 0 spiro atoms. The summed E-state index contributed by atoms with van der Waals surface area (Å²) in [5.41, 5.74) is -0.152. The Morgan fingerprint density at radius 2 is 1.63 bits per heavy atom. The van der Waals surface area contributed by atoms with E-state index < -0.39 is 11.7 Å². The second-order valence-corrected chi connectivity index (χ2v) is 4.18. The van der Waals surface area contributed by atoms with Gasteiger partial charge in [-0.2, -0.15) is 13.2 Å². The van der Waals surface area contributed by atoms with Crippen molar-refractivity contribution in [3.05, 3.63) is 35.4 Å². The van der Waals surface area contributed by atoms with Gasteiger partial charge in [-0.25, -0.2) is 0 Å². The number of hydrogen-bond acceptors (Lipinski definition) is 2. The van der Waals surface area contributed by atoms with Gasteiger partial charge in [0.05, 0.1) is 5.56 Å². The highest BCUT2D eigenvalue weighted by molar-refractivity contribution is 5.85. The van der Waals surface area contributed by atoms with Crippen LogP contribution >= 0.6 is 24.8 Å². The van der Waals surface area contributed by atoms with Crippen molar-refractivity contribution in [2.24, 2.45) is 0 Å². The molecule has 1 aromatic rings. The number of rotatable bonds is 2. The fourth-order valence-electron chi connectivity index (χ4n) is 2.04. The third-order valence-corrected chi connectivity index (χ3v) is 2.93. The topological polar surface area (TPSA) is 15.3 Å². The number of piperazine rings is 1. The van der Waals surface area contributed by atoms with E-state index in [1.54, 1.807) is 12.1 Å². The second kappa shape index (κ2) is 7.94. The number of alkyl halides is 3. The number of benzene rings is 1. The number of nitrogens with one attached hydrogen (secondary N) is 1. The van der Waals surface area contributed by atoms with E-state index in [2.05, 4.69) is 5.32 Å². The van der Waals surface area contributed by atoms with Crippen LogP contribution in [-0.4, -0.2) is 31.1 Å². The lowest BCUT2D eigenvalue weighted by atomic mass is 10.1. The molecule has 0 amide bonds. The molecule has 1 fully saturated rings. The first-order valence-electron chi connectivity index (χ1n) is 5.65. The summed E-state index contributed by atoms with van der Waals surface area (Å²) < 4.78 is 38.3. The lowest BCUT2D eigenvalue weighted by molar-refractivity contribution is -0.138. The Kier molecular flexibility index (Phi) is 7.74. The predicted molar refractivity (Wildman–Crippen MR) is 74.1 cm³/mol. The molecule has 2 rings (SSSR count). The van der Waals surface area contributed by atoms with Crippen molar-refractivity contribution in [2.75, 3.05) is 26.2 Å². The van der Waals surface area contributed by atoms with Gasteiger partial charge < -0.3 is 5.32 Å². The lowest BCUT2D eigenvalue weighted by Crippen LogP contribution is -2.43. The van der Waals surface area contributed by atoms with E-state index >= 15 is 0 Å². The van der Waals surface area contributed by atoms with E-state index in [-0.39, 0.29) is 24.8 Å². The number of halogens is 5. The highest BCUT2D eigenvalue weighted by Crippen LogP contribution is 2.32. The zero-order valence-electron chi connectivity index (χ0n) is 10.2. The Labute approximate surface area is 123 Å². The van der Waals surface area contributed by atoms with Gasteiger partial charge >= 0.3 is 6.18 Å². The first kappa shape index (κ1) is 18.5. The van der Waals surface area contributed by atoms with Gasteiger partial charge in [-0.1, -0.05) is 18.2 Å². The summed E-state index contributed by atoms with van der Waals surface area (Å²) >= 11 is 0. The lowest BCUT2D eigenvalue weighted by Gasteiger charge is -2.28. The maximum atomic E-state index is 12.8. The van der Waals surface area contributed by atoms with Gasteiger partial charge in [0, 0.05) is 32.7 Å². The van der Waals surface area contributed by atoms with Crippen molar-refractivity contribution in [3.63, 3.8) is 0 Å². The molecule has 110 valence electrons. The Bertz CT molecular complexity index is 379. The van der Waals surface area contributed by atoms with Crippen molar-refractivity contribution in [1.29, 1.82) is 0 Å². The molecule has 2 nitrogen and oxygen atoms in total. The SMILES string of the molecule is Cl.Cl.FC(F)(F)c1ccccc1CN1CCNCC1. The summed E-state index contributed by atoms with van der Waals surface area (Å²) in [5, 5.41) is 3.18. The summed E-state index contributed by atoms with van der Waals surface area (Å²) in [6.07, 6.45) is -4.26. The van der Waals surface area contributed by atoms with Gasteiger partial charge in [-0.3, -0.25) is 4.90 Å². The molecule has 0 bridgehead atoms. The minimum atomic E-state index is -4.26. The molecule has 0 aromatic heterocycles. The Balaban J connectivity index is 0.00000162. The van der Waals surface area contributed by atoms with Crippen LogP contribution in [0.4, 0.5) is 13.2 Å². The van der Waals surface area contributed by atoms with Gasteiger partial charge in [-0.15, -0.1) is 24.8 Å². The van der Waals surface area contributed by atoms with E-state index in [1.165, 1.54) is 6.07 Å². The molecule has 1 saturated heterocycles. The van der Waals surface area contributed by atoms with Crippen molar-refractivity contribution in [2.45, 2.75) is 12.7 Å². The van der Waals surface area contributed by atoms with E-state index in [9.17, 15) is 13.2 Å². The number of hydrogen-bond donors (Lipinski definition) is 1. The molecule has 0 aliphatic carbocycles. The van der Waals surface area contributed by atoms with E-state index in [1.807, 2.05) is 4.90 Å². The molecule has 1 aliphatic rings. The summed E-state index contributed by atoms with van der Waals surface area (Å²) in [6.45, 7) is 3.65. The van der Waals surface area contributed by atoms with Gasteiger partial charge in [-0.05, 0) is 11.6 Å². The predicted octanol–water partition coefficient (Wildman–Crippen LogP) is 2.95. The van der Waals surface area contributed by atoms with E-state index in [4.69, 9.17) is 0 Å². The van der Waals surface area contributed by atoms with Gasteiger partial charge in [0.15, 0.2) is 0 Å². The van der Waals surface area contributed by atoms with Crippen LogP contribution in [0.2, 0.25) is 0 Å². The van der Waals surface area contributed by atoms with Crippen LogP contribution in [0.1, 0.15) is 11.1 Å². The van der Waals surface area contributed by atoms with Crippen molar-refractivity contribution < 1.29 is 13.2 Å².